The maximum atomic E-state index is 13.2. The van der Waals surface area contributed by atoms with Gasteiger partial charge in [-0.2, -0.15) is 0 Å². The lowest BCUT2D eigenvalue weighted by Gasteiger charge is -2.32. The number of alkyl halides is 1. The lowest BCUT2D eigenvalue weighted by atomic mass is 10.1. The van der Waals surface area contributed by atoms with Crippen molar-refractivity contribution < 1.29 is 22.7 Å². The highest BCUT2D eigenvalue weighted by Crippen LogP contribution is 2.19. The van der Waals surface area contributed by atoms with Crippen LogP contribution in [0.1, 0.15) is 23.2 Å². The van der Waals surface area contributed by atoms with Gasteiger partial charge in [0.15, 0.2) is 17.5 Å². The van der Waals surface area contributed by atoms with Crippen molar-refractivity contribution in [1.29, 1.82) is 0 Å². The third-order valence-electron chi connectivity index (χ3n) is 3.39. The number of nitrogens with zero attached hydrogens (tertiary/aromatic N) is 1. The molecule has 1 heterocycles. The Morgan fingerprint density at radius 2 is 1.81 bits per heavy atom. The van der Waals surface area contributed by atoms with Crippen LogP contribution in [0.4, 0.5) is 13.2 Å². The van der Waals surface area contributed by atoms with Gasteiger partial charge < -0.3 is 9.64 Å². The molecule has 0 unspecified atom stereocenters. The Balaban J connectivity index is 1.99. The van der Waals surface area contributed by atoms with E-state index in [0.717, 1.165) is 17.5 Å². The summed E-state index contributed by atoms with van der Waals surface area (Å²) in [6.07, 6.45) is 1.43. The van der Waals surface area contributed by atoms with E-state index in [0.29, 0.717) is 32.5 Å². The number of halogens is 4. The second kappa shape index (κ2) is 7.26. The molecule has 0 atom stereocenters. The zero-order valence-electron chi connectivity index (χ0n) is 11.3. The van der Waals surface area contributed by atoms with E-state index in [4.69, 9.17) is 4.74 Å². The fourth-order valence-corrected chi connectivity index (χ4v) is 2.49. The molecule has 0 N–H and O–H groups in total. The molecular weight excluding hydrogens is 351 g/mol. The zero-order valence-corrected chi connectivity index (χ0v) is 12.8. The maximum Gasteiger partial charge on any atom is 0.254 e. The number of ether oxygens (including phenoxy) is 1. The van der Waals surface area contributed by atoms with E-state index in [1.54, 1.807) is 0 Å². The molecular formula is C14H15BrF3NO2. The van der Waals surface area contributed by atoms with Crippen LogP contribution in [-0.4, -0.2) is 41.9 Å². The van der Waals surface area contributed by atoms with Crippen LogP contribution in [0.3, 0.4) is 0 Å². The monoisotopic (exact) mass is 365 g/mol. The number of hydrogen-bond acceptors (Lipinski definition) is 2. The van der Waals surface area contributed by atoms with Gasteiger partial charge in [0.05, 0.1) is 12.7 Å². The maximum absolute atomic E-state index is 13.2. The second-order valence-corrected chi connectivity index (χ2v) is 5.60. The molecule has 0 saturated carbocycles. The number of amides is 1. The normalized spacial score (nSPS) is 16.3. The summed E-state index contributed by atoms with van der Waals surface area (Å²) in [5.41, 5.74) is -0.175. The van der Waals surface area contributed by atoms with Crippen LogP contribution in [-0.2, 0) is 4.74 Å². The van der Waals surface area contributed by atoms with Crippen molar-refractivity contribution in [1.82, 2.24) is 4.90 Å². The molecule has 1 amide bonds. The number of benzene rings is 1. The fraction of sp³-hybridized carbons (Fsp3) is 0.500. The van der Waals surface area contributed by atoms with Crippen molar-refractivity contribution in [3.63, 3.8) is 0 Å². The Hall–Kier alpha value is -1.08. The molecule has 0 spiro atoms. The summed E-state index contributed by atoms with van der Waals surface area (Å²) in [4.78, 5) is 13.7. The molecule has 3 nitrogen and oxygen atoms in total. The first-order valence-electron chi connectivity index (χ1n) is 6.64. The Labute approximate surface area is 129 Å². The molecule has 7 heteroatoms. The third-order valence-corrected chi connectivity index (χ3v) is 3.71. The number of hydrogen-bond donors (Lipinski definition) is 0. The minimum Gasteiger partial charge on any atom is -0.377 e. The van der Waals surface area contributed by atoms with Crippen LogP contribution in [0.2, 0.25) is 0 Å². The van der Waals surface area contributed by atoms with Crippen LogP contribution in [0.25, 0.3) is 0 Å². The first-order chi connectivity index (χ1) is 10.0. The Morgan fingerprint density at radius 1 is 1.24 bits per heavy atom. The molecule has 1 saturated heterocycles. The summed E-state index contributed by atoms with van der Waals surface area (Å²) < 4.78 is 44.8. The van der Waals surface area contributed by atoms with Crippen molar-refractivity contribution in [2.45, 2.75) is 18.9 Å². The zero-order chi connectivity index (χ0) is 15.4. The van der Waals surface area contributed by atoms with Gasteiger partial charge in [-0.15, -0.1) is 0 Å². The topological polar surface area (TPSA) is 29.5 Å². The molecule has 0 aromatic heterocycles. The van der Waals surface area contributed by atoms with Gasteiger partial charge in [-0.25, -0.2) is 13.2 Å². The van der Waals surface area contributed by atoms with Crippen LogP contribution in [0, 0.1) is 17.5 Å². The number of rotatable bonds is 4. The number of carbonyl (C=O) groups excluding carboxylic acids is 1. The first-order valence-corrected chi connectivity index (χ1v) is 7.76. The number of piperidine rings is 1. The van der Waals surface area contributed by atoms with Gasteiger partial charge in [-0.3, -0.25) is 4.79 Å². The standard InChI is InChI=1S/C14H15BrF3NO2/c15-3-6-21-10-1-4-19(5-2-10)14(20)9-7-11(16)13(18)12(17)8-9/h7-8,10H,1-6H2. The summed E-state index contributed by atoms with van der Waals surface area (Å²) in [7, 11) is 0. The Morgan fingerprint density at radius 3 is 2.33 bits per heavy atom. The quantitative estimate of drug-likeness (QED) is 0.606. The number of carbonyl (C=O) groups is 1. The van der Waals surface area contributed by atoms with Gasteiger partial charge in [0.2, 0.25) is 0 Å². The Kier molecular flexibility index (Phi) is 5.64. The van der Waals surface area contributed by atoms with E-state index in [9.17, 15) is 18.0 Å². The molecule has 1 aromatic carbocycles. The van der Waals surface area contributed by atoms with E-state index in [1.807, 2.05) is 0 Å². The van der Waals surface area contributed by atoms with E-state index < -0.39 is 23.4 Å². The SMILES string of the molecule is O=C(c1cc(F)c(F)c(F)c1)N1CCC(OCCBr)CC1. The van der Waals surface area contributed by atoms with Crippen molar-refractivity contribution in [2.75, 3.05) is 25.0 Å². The van der Waals surface area contributed by atoms with Crippen LogP contribution < -0.4 is 0 Å². The molecule has 116 valence electrons. The minimum absolute atomic E-state index is 0.0910. The van der Waals surface area contributed by atoms with Crippen LogP contribution in [0.5, 0.6) is 0 Å². The summed E-state index contributed by atoms with van der Waals surface area (Å²) >= 11 is 3.27. The van der Waals surface area contributed by atoms with Gasteiger partial charge in [0, 0.05) is 24.0 Å². The van der Waals surface area contributed by atoms with E-state index in [1.165, 1.54) is 4.90 Å². The van der Waals surface area contributed by atoms with Crippen LogP contribution >= 0.6 is 15.9 Å². The molecule has 1 aromatic rings. The summed E-state index contributed by atoms with van der Waals surface area (Å²) in [5.74, 6) is -4.76. The fourth-order valence-electron chi connectivity index (χ4n) is 2.30. The Bertz CT molecular complexity index is 496. The molecule has 2 rings (SSSR count). The predicted molar refractivity (Wildman–Crippen MR) is 75.0 cm³/mol. The summed E-state index contributed by atoms with van der Waals surface area (Å²) in [5, 5.41) is 0.750. The molecule has 1 fully saturated rings. The van der Waals surface area contributed by atoms with E-state index in [2.05, 4.69) is 15.9 Å². The highest BCUT2D eigenvalue weighted by molar-refractivity contribution is 9.09. The van der Waals surface area contributed by atoms with Gasteiger partial charge >= 0.3 is 0 Å². The van der Waals surface area contributed by atoms with Crippen molar-refractivity contribution >= 4 is 21.8 Å². The molecule has 1 aliphatic heterocycles. The number of likely N-dealkylation sites (tertiary alicyclic amines) is 1. The third kappa shape index (κ3) is 3.97. The summed E-state index contributed by atoms with van der Waals surface area (Å²) in [6.45, 7) is 1.51. The average molecular weight is 366 g/mol. The van der Waals surface area contributed by atoms with Crippen molar-refractivity contribution in [2.24, 2.45) is 0 Å². The lowest BCUT2D eigenvalue weighted by Crippen LogP contribution is -2.41. The van der Waals surface area contributed by atoms with Gasteiger partial charge in [-0.05, 0) is 25.0 Å². The molecule has 21 heavy (non-hydrogen) atoms. The summed E-state index contributed by atoms with van der Waals surface area (Å²) in [6, 6.07) is 1.46. The van der Waals surface area contributed by atoms with Gasteiger partial charge in [0.25, 0.3) is 5.91 Å². The van der Waals surface area contributed by atoms with Gasteiger partial charge in [-0.1, -0.05) is 15.9 Å². The molecule has 0 aliphatic carbocycles. The highest BCUT2D eigenvalue weighted by atomic mass is 79.9. The first kappa shape index (κ1) is 16.3. The lowest BCUT2D eigenvalue weighted by molar-refractivity contribution is 0.0159. The largest absolute Gasteiger partial charge is 0.377 e. The predicted octanol–water partition coefficient (Wildman–Crippen LogP) is 3.12. The molecule has 0 radical (unpaired) electrons. The second-order valence-electron chi connectivity index (χ2n) is 4.81. The minimum atomic E-state index is -1.56. The average Bonchev–Trinajstić information content (AvgIpc) is 2.50. The van der Waals surface area contributed by atoms with Gasteiger partial charge in [0.1, 0.15) is 0 Å². The molecule has 1 aliphatic rings. The van der Waals surface area contributed by atoms with Crippen LogP contribution in [0.15, 0.2) is 12.1 Å². The van der Waals surface area contributed by atoms with E-state index in [-0.39, 0.29) is 11.7 Å². The smallest absolute Gasteiger partial charge is 0.254 e. The molecule has 0 bridgehead atoms. The van der Waals surface area contributed by atoms with Crippen molar-refractivity contribution in [3.05, 3.63) is 35.1 Å². The van der Waals surface area contributed by atoms with E-state index >= 15 is 0 Å². The van der Waals surface area contributed by atoms with Crippen molar-refractivity contribution in [3.8, 4) is 0 Å². The highest BCUT2D eigenvalue weighted by Gasteiger charge is 2.25.